The van der Waals surface area contributed by atoms with Crippen molar-refractivity contribution in [2.75, 3.05) is 0 Å². The summed E-state index contributed by atoms with van der Waals surface area (Å²) in [6.07, 6.45) is 3.82. The van der Waals surface area contributed by atoms with Crippen molar-refractivity contribution in [3.8, 4) is 11.6 Å². The Kier molecular flexibility index (Phi) is 4.66. The van der Waals surface area contributed by atoms with E-state index in [2.05, 4.69) is 53.5 Å². The lowest BCUT2D eigenvalue weighted by molar-refractivity contribution is 0.156. The van der Waals surface area contributed by atoms with Crippen molar-refractivity contribution >= 4 is 16.5 Å². The van der Waals surface area contributed by atoms with Crippen LogP contribution in [0.25, 0.3) is 16.5 Å². The Labute approximate surface area is 192 Å². The minimum Gasteiger partial charge on any atom is -0.473 e. The Bertz CT molecular complexity index is 1410. The second kappa shape index (κ2) is 7.95. The van der Waals surface area contributed by atoms with Gasteiger partial charge in [0.2, 0.25) is 5.88 Å². The summed E-state index contributed by atoms with van der Waals surface area (Å²) in [4.78, 5) is 4.42. The van der Waals surface area contributed by atoms with Gasteiger partial charge in [0.15, 0.2) is 5.60 Å². The molecular weight excluding hydrogens is 406 g/mol. The zero-order valence-electron chi connectivity index (χ0n) is 17.9. The van der Waals surface area contributed by atoms with Crippen LogP contribution in [-0.2, 0) is 5.60 Å². The van der Waals surface area contributed by atoms with Crippen LogP contribution in [0, 0.1) is 0 Å². The smallest absolute Gasteiger partial charge is 0.219 e. The predicted molar refractivity (Wildman–Crippen MR) is 131 cm³/mol. The molecule has 0 atom stereocenters. The third-order valence-corrected chi connectivity index (χ3v) is 6.00. The first kappa shape index (κ1) is 19.3. The van der Waals surface area contributed by atoms with Gasteiger partial charge in [0.1, 0.15) is 11.5 Å². The van der Waals surface area contributed by atoms with Crippen molar-refractivity contribution in [3.05, 3.63) is 144 Å². The summed E-state index contributed by atoms with van der Waals surface area (Å²) in [6, 6.07) is 38.6. The van der Waals surface area contributed by atoms with E-state index in [1.807, 2.05) is 72.8 Å². The van der Waals surface area contributed by atoms with Crippen LogP contribution in [0.3, 0.4) is 0 Å². The maximum atomic E-state index is 6.89. The van der Waals surface area contributed by atoms with E-state index in [1.165, 1.54) is 0 Å². The fourth-order valence-electron chi connectivity index (χ4n) is 4.47. The standard InChI is InChI=1S/C30H21NO2/c1-3-12-23(13-4-1)30(24-14-5-2-6-15-24)21-27(32-28-17-9-10-20-31-28)29-25-16-8-7-11-22(25)18-19-26(29)33-30/h1-21H. The molecule has 0 bridgehead atoms. The highest BCUT2D eigenvalue weighted by atomic mass is 16.5. The molecule has 3 nitrogen and oxygen atoms in total. The predicted octanol–water partition coefficient (Wildman–Crippen LogP) is 6.99. The lowest BCUT2D eigenvalue weighted by atomic mass is 9.82. The molecule has 1 aromatic heterocycles. The van der Waals surface area contributed by atoms with Crippen LogP contribution in [0.1, 0.15) is 16.7 Å². The zero-order valence-corrected chi connectivity index (χ0v) is 17.9. The van der Waals surface area contributed by atoms with Crippen molar-refractivity contribution in [1.82, 2.24) is 4.98 Å². The zero-order chi connectivity index (χ0) is 22.1. The molecule has 0 saturated carbocycles. The molecule has 1 aliphatic rings. The number of nitrogens with zero attached hydrogens (tertiary/aromatic N) is 1. The van der Waals surface area contributed by atoms with E-state index in [-0.39, 0.29) is 0 Å². The van der Waals surface area contributed by atoms with E-state index in [4.69, 9.17) is 9.47 Å². The van der Waals surface area contributed by atoms with Gasteiger partial charge < -0.3 is 9.47 Å². The molecule has 5 aromatic rings. The molecule has 3 heteroatoms. The highest BCUT2D eigenvalue weighted by Gasteiger charge is 2.40. The van der Waals surface area contributed by atoms with Gasteiger partial charge in [-0.05, 0) is 22.9 Å². The summed E-state index contributed by atoms with van der Waals surface area (Å²) >= 11 is 0. The number of hydrogen-bond acceptors (Lipinski definition) is 3. The minimum atomic E-state index is -0.845. The van der Waals surface area contributed by atoms with E-state index in [1.54, 1.807) is 6.20 Å². The average Bonchev–Trinajstić information content (AvgIpc) is 2.90. The molecule has 0 N–H and O–H groups in total. The topological polar surface area (TPSA) is 31.4 Å². The van der Waals surface area contributed by atoms with Crippen LogP contribution in [0.2, 0.25) is 0 Å². The molecule has 6 rings (SSSR count). The fraction of sp³-hybridized carbons (Fsp3) is 0.0333. The van der Waals surface area contributed by atoms with Crippen molar-refractivity contribution in [1.29, 1.82) is 0 Å². The molecule has 0 fully saturated rings. The lowest BCUT2D eigenvalue weighted by Gasteiger charge is -2.37. The highest BCUT2D eigenvalue weighted by molar-refractivity contribution is 5.96. The van der Waals surface area contributed by atoms with Crippen LogP contribution >= 0.6 is 0 Å². The van der Waals surface area contributed by atoms with Crippen molar-refractivity contribution < 1.29 is 9.47 Å². The van der Waals surface area contributed by atoms with E-state index >= 15 is 0 Å². The van der Waals surface area contributed by atoms with Gasteiger partial charge in [-0.15, -0.1) is 0 Å². The van der Waals surface area contributed by atoms with E-state index in [9.17, 15) is 0 Å². The largest absolute Gasteiger partial charge is 0.473 e. The van der Waals surface area contributed by atoms with E-state index in [0.29, 0.717) is 5.88 Å². The summed E-state index contributed by atoms with van der Waals surface area (Å²) in [7, 11) is 0. The molecule has 0 saturated heterocycles. The van der Waals surface area contributed by atoms with Crippen molar-refractivity contribution in [2.45, 2.75) is 5.60 Å². The number of hydrogen-bond donors (Lipinski definition) is 0. The second-order valence-electron chi connectivity index (χ2n) is 8.01. The molecule has 4 aromatic carbocycles. The monoisotopic (exact) mass is 427 g/mol. The van der Waals surface area contributed by atoms with Gasteiger partial charge in [-0.2, -0.15) is 0 Å². The number of ether oxygens (including phenoxy) is 2. The minimum absolute atomic E-state index is 0.541. The Balaban J connectivity index is 1.65. The maximum Gasteiger partial charge on any atom is 0.219 e. The first-order valence-electron chi connectivity index (χ1n) is 11.0. The number of fused-ring (bicyclic) bond motifs is 3. The van der Waals surface area contributed by atoms with E-state index in [0.717, 1.165) is 39.0 Å². The normalized spacial score (nSPS) is 14.1. The number of rotatable bonds is 4. The molecule has 0 unspecified atom stereocenters. The number of benzene rings is 4. The summed E-state index contributed by atoms with van der Waals surface area (Å²) < 4.78 is 13.3. The quantitative estimate of drug-likeness (QED) is 0.310. The van der Waals surface area contributed by atoms with Crippen molar-refractivity contribution in [3.63, 3.8) is 0 Å². The highest BCUT2D eigenvalue weighted by Crippen LogP contribution is 2.47. The molecule has 33 heavy (non-hydrogen) atoms. The lowest BCUT2D eigenvalue weighted by Crippen LogP contribution is -2.35. The van der Waals surface area contributed by atoms with Gasteiger partial charge in [0.25, 0.3) is 0 Å². The van der Waals surface area contributed by atoms with Crippen LogP contribution in [-0.4, -0.2) is 4.98 Å². The summed E-state index contributed by atoms with van der Waals surface area (Å²) in [5, 5.41) is 2.20. The third kappa shape index (κ3) is 3.35. The SMILES string of the molecule is C1=C(Oc2ccccn2)c2c(ccc3ccccc23)OC1(c1ccccc1)c1ccccc1. The molecule has 1 aliphatic heterocycles. The molecular formula is C30H21NO2. The van der Waals surface area contributed by atoms with Crippen LogP contribution in [0.5, 0.6) is 11.6 Å². The Morgan fingerprint density at radius 3 is 2.00 bits per heavy atom. The van der Waals surface area contributed by atoms with Gasteiger partial charge >= 0.3 is 0 Å². The van der Waals surface area contributed by atoms with Crippen LogP contribution < -0.4 is 9.47 Å². The molecule has 0 aliphatic carbocycles. The van der Waals surface area contributed by atoms with Gasteiger partial charge in [-0.3, -0.25) is 0 Å². The third-order valence-electron chi connectivity index (χ3n) is 6.00. The first-order chi connectivity index (χ1) is 16.3. The Morgan fingerprint density at radius 2 is 1.30 bits per heavy atom. The van der Waals surface area contributed by atoms with Gasteiger partial charge in [0, 0.05) is 29.5 Å². The van der Waals surface area contributed by atoms with Crippen LogP contribution in [0.15, 0.2) is 128 Å². The molecule has 0 spiro atoms. The number of aromatic nitrogens is 1. The average molecular weight is 428 g/mol. The Hall–Kier alpha value is -4.37. The van der Waals surface area contributed by atoms with Gasteiger partial charge in [0.05, 0.1) is 5.56 Å². The summed E-state index contributed by atoms with van der Waals surface area (Å²) in [5.74, 6) is 2.04. The molecule has 0 radical (unpaired) electrons. The summed E-state index contributed by atoms with van der Waals surface area (Å²) in [6.45, 7) is 0. The maximum absolute atomic E-state index is 6.89. The molecule has 0 amide bonds. The van der Waals surface area contributed by atoms with E-state index < -0.39 is 5.60 Å². The molecule has 2 heterocycles. The van der Waals surface area contributed by atoms with Gasteiger partial charge in [-0.1, -0.05) is 97.1 Å². The van der Waals surface area contributed by atoms with Crippen LogP contribution in [0.4, 0.5) is 0 Å². The van der Waals surface area contributed by atoms with Gasteiger partial charge in [-0.25, -0.2) is 4.98 Å². The Morgan fingerprint density at radius 1 is 0.636 bits per heavy atom. The first-order valence-corrected chi connectivity index (χ1v) is 11.0. The second-order valence-corrected chi connectivity index (χ2v) is 8.01. The van der Waals surface area contributed by atoms with Crippen molar-refractivity contribution in [2.24, 2.45) is 0 Å². The molecule has 158 valence electrons. The fourth-order valence-corrected chi connectivity index (χ4v) is 4.47. The summed E-state index contributed by atoms with van der Waals surface area (Å²) in [5.41, 5.74) is 2.14. The number of pyridine rings is 1.